The van der Waals surface area contributed by atoms with E-state index in [4.69, 9.17) is 4.52 Å². The second-order valence-corrected chi connectivity index (χ2v) is 5.80. The molecule has 1 saturated carbocycles. The Hall–Kier alpha value is -1.92. The number of aryl methyl sites for hydroxylation is 1. The molecule has 1 aromatic heterocycles. The first kappa shape index (κ1) is 13.1. The van der Waals surface area contributed by atoms with Gasteiger partial charge in [-0.15, -0.1) is 0 Å². The van der Waals surface area contributed by atoms with Gasteiger partial charge in [0.15, 0.2) is 5.82 Å². The fourth-order valence-electron chi connectivity index (χ4n) is 2.73. The minimum atomic E-state index is -0.789. The third-order valence-electron chi connectivity index (χ3n) is 4.21. The second kappa shape index (κ2) is 4.29. The third-order valence-corrected chi connectivity index (χ3v) is 4.21. The lowest BCUT2D eigenvalue weighted by Crippen LogP contribution is -2.69. The summed E-state index contributed by atoms with van der Waals surface area (Å²) in [6.07, 6.45) is 1.96. The second-order valence-electron chi connectivity index (χ2n) is 5.80. The van der Waals surface area contributed by atoms with Gasteiger partial charge in [0.1, 0.15) is 11.6 Å². The van der Waals surface area contributed by atoms with E-state index < -0.39 is 11.6 Å². The maximum Gasteiger partial charge on any atom is 0.249 e. The molecule has 3 rings (SSSR count). The van der Waals surface area contributed by atoms with Gasteiger partial charge in [-0.2, -0.15) is 4.98 Å². The van der Waals surface area contributed by atoms with Crippen molar-refractivity contribution in [3.05, 3.63) is 11.7 Å². The van der Waals surface area contributed by atoms with Gasteiger partial charge in [0.05, 0.1) is 6.54 Å². The van der Waals surface area contributed by atoms with Crippen LogP contribution < -0.4 is 5.32 Å². The Kier molecular flexibility index (Phi) is 2.81. The highest BCUT2D eigenvalue weighted by Crippen LogP contribution is 2.42. The van der Waals surface area contributed by atoms with Crippen LogP contribution >= 0.6 is 0 Å². The highest BCUT2D eigenvalue weighted by Gasteiger charge is 2.54. The Balaban J connectivity index is 1.86. The van der Waals surface area contributed by atoms with Crippen LogP contribution in [-0.4, -0.2) is 38.4 Å². The molecule has 0 aromatic carbocycles. The number of aromatic nitrogens is 2. The number of nitrogens with one attached hydrogen (secondary N) is 1. The zero-order chi connectivity index (χ0) is 14.5. The summed E-state index contributed by atoms with van der Waals surface area (Å²) < 4.78 is 4.92. The Morgan fingerprint density at radius 3 is 2.70 bits per heavy atom. The van der Waals surface area contributed by atoms with Crippen LogP contribution in [0.3, 0.4) is 0 Å². The van der Waals surface area contributed by atoms with Gasteiger partial charge in [-0.3, -0.25) is 9.59 Å². The maximum absolute atomic E-state index is 12.7. The van der Waals surface area contributed by atoms with E-state index in [1.807, 2.05) is 6.92 Å². The minimum absolute atomic E-state index is 0.0606. The summed E-state index contributed by atoms with van der Waals surface area (Å²) in [4.78, 5) is 30.5. The molecule has 1 N–H and O–H groups in total. The first-order valence-electron chi connectivity index (χ1n) is 6.84. The molecule has 2 aliphatic rings. The van der Waals surface area contributed by atoms with Crippen molar-refractivity contribution >= 4 is 11.8 Å². The molecular formula is C13H18N4O3. The van der Waals surface area contributed by atoms with Crippen LogP contribution in [0.15, 0.2) is 4.52 Å². The molecule has 108 valence electrons. The monoisotopic (exact) mass is 278 g/mol. The van der Waals surface area contributed by atoms with Crippen molar-refractivity contribution in [3.8, 4) is 0 Å². The molecule has 2 atom stereocenters. The third kappa shape index (κ3) is 1.97. The number of hydrogen-bond acceptors (Lipinski definition) is 5. The van der Waals surface area contributed by atoms with Gasteiger partial charge in [-0.1, -0.05) is 5.16 Å². The molecule has 7 heteroatoms. The zero-order valence-corrected chi connectivity index (χ0v) is 11.8. The number of nitrogens with zero attached hydrogens (tertiary/aromatic N) is 3. The van der Waals surface area contributed by atoms with Gasteiger partial charge < -0.3 is 14.7 Å². The molecule has 0 bridgehead atoms. The quantitative estimate of drug-likeness (QED) is 0.864. The van der Waals surface area contributed by atoms with Gasteiger partial charge in [0, 0.05) is 6.92 Å². The lowest BCUT2D eigenvalue weighted by atomic mass is 9.89. The van der Waals surface area contributed by atoms with Crippen molar-refractivity contribution in [2.24, 2.45) is 5.92 Å². The fourth-order valence-corrected chi connectivity index (χ4v) is 2.73. The standard InChI is InChI=1S/C13H18N4O3/c1-7-11(18)15-13(3,9-4-5-9)12(19)17(7)6-10-14-8(2)20-16-10/h7,9H,4-6H2,1-3H3,(H,15,18). The fraction of sp³-hybridized carbons (Fsp3) is 0.692. The molecule has 2 fully saturated rings. The van der Waals surface area contributed by atoms with Gasteiger partial charge >= 0.3 is 0 Å². The van der Waals surface area contributed by atoms with Crippen LogP contribution in [0.1, 0.15) is 38.4 Å². The summed E-state index contributed by atoms with van der Waals surface area (Å²) in [7, 11) is 0. The highest BCUT2D eigenvalue weighted by molar-refractivity contribution is 5.99. The number of piperazine rings is 1. The molecule has 1 aliphatic heterocycles. The number of carbonyl (C=O) groups excluding carboxylic acids is 2. The number of hydrogen-bond donors (Lipinski definition) is 1. The Labute approximate surface area is 116 Å². The molecule has 0 spiro atoms. The molecule has 1 saturated heterocycles. The minimum Gasteiger partial charge on any atom is -0.340 e. The van der Waals surface area contributed by atoms with Crippen LogP contribution in [0.4, 0.5) is 0 Å². The number of carbonyl (C=O) groups is 2. The summed E-state index contributed by atoms with van der Waals surface area (Å²) in [6.45, 7) is 5.42. The van der Waals surface area contributed by atoms with E-state index in [1.165, 1.54) is 0 Å². The maximum atomic E-state index is 12.7. The largest absolute Gasteiger partial charge is 0.340 e. The molecule has 20 heavy (non-hydrogen) atoms. The summed E-state index contributed by atoms with van der Waals surface area (Å²) in [6, 6.07) is -0.520. The van der Waals surface area contributed by atoms with Crippen LogP contribution in [0.2, 0.25) is 0 Å². The van der Waals surface area contributed by atoms with Crippen LogP contribution in [0.25, 0.3) is 0 Å². The van der Waals surface area contributed by atoms with Crippen molar-refractivity contribution in [2.75, 3.05) is 0 Å². The molecule has 0 radical (unpaired) electrons. The van der Waals surface area contributed by atoms with E-state index in [-0.39, 0.29) is 24.3 Å². The lowest BCUT2D eigenvalue weighted by Gasteiger charge is -2.43. The smallest absolute Gasteiger partial charge is 0.249 e. The van der Waals surface area contributed by atoms with Gasteiger partial charge in [-0.05, 0) is 32.6 Å². The predicted molar refractivity (Wildman–Crippen MR) is 68.3 cm³/mol. The average molecular weight is 278 g/mol. The summed E-state index contributed by atoms with van der Waals surface area (Å²) >= 11 is 0. The van der Waals surface area contributed by atoms with E-state index in [9.17, 15) is 9.59 Å². The van der Waals surface area contributed by atoms with Crippen molar-refractivity contribution in [2.45, 2.75) is 51.7 Å². The Morgan fingerprint density at radius 1 is 1.45 bits per heavy atom. The highest BCUT2D eigenvalue weighted by atomic mass is 16.5. The van der Waals surface area contributed by atoms with E-state index in [1.54, 1.807) is 18.7 Å². The SMILES string of the molecule is Cc1nc(CN2C(=O)C(C)(C3CC3)NC(=O)C2C)no1. The van der Waals surface area contributed by atoms with Crippen molar-refractivity contribution in [3.63, 3.8) is 0 Å². The van der Waals surface area contributed by atoms with Crippen molar-refractivity contribution in [1.82, 2.24) is 20.4 Å². The summed E-state index contributed by atoms with van der Waals surface area (Å²) in [5.41, 5.74) is -0.789. The normalized spacial score (nSPS) is 30.6. The Morgan fingerprint density at radius 2 is 2.15 bits per heavy atom. The van der Waals surface area contributed by atoms with Crippen LogP contribution in [0, 0.1) is 12.8 Å². The first-order chi connectivity index (χ1) is 9.41. The van der Waals surface area contributed by atoms with E-state index >= 15 is 0 Å². The molecule has 2 unspecified atom stereocenters. The van der Waals surface area contributed by atoms with Gasteiger partial charge in [-0.25, -0.2) is 0 Å². The van der Waals surface area contributed by atoms with Crippen molar-refractivity contribution < 1.29 is 14.1 Å². The van der Waals surface area contributed by atoms with E-state index in [2.05, 4.69) is 15.5 Å². The molecule has 1 aromatic rings. The molecule has 2 heterocycles. The molecule has 2 amide bonds. The summed E-state index contributed by atoms with van der Waals surface area (Å²) in [5, 5.41) is 6.68. The molecular weight excluding hydrogens is 260 g/mol. The average Bonchev–Trinajstić information content (AvgIpc) is 3.17. The topological polar surface area (TPSA) is 88.3 Å². The first-order valence-corrected chi connectivity index (χ1v) is 6.84. The van der Waals surface area contributed by atoms with Gasteiger partial charge in [0.2, 0.25) is 17.7 Å². The number of rotatable bonds is 3. The van der Waals surface area contributed by atoms with Crippen molar-refractivity contribution in [1.29, 1.82) is 0 Å². The predicted octanol–water partition coefficient (Wildman–Crippen LogP) is 0.394. The van der Waals surface area contributed by atoms with Gasteiger partial charge in [0.25, 0.3) is 0 Å². The van der Waals surface area contributed by atoms with Crippen LogP contribution in [0.5, 0.6) is 0 Å². The van der Waals surface area contributed by atoms with Crippen LogP contribution in [-0.2, 0) is 16.1 Å². The summed E-state index contributed by atoms with van der Waals surface area (Å²) in [5.74, 6) is 0.928. The van der Waals surface area contributed by atoms with E-state index in [0.29, 0.717) is 11.7 Å². The lowest BCUT2D eigenvalue weighted by molar-refractivity contribution is -0.155. The number of amides is 2. The zero-order valence-electron chi connectivity index (χ0n) is 11.8. The Bertz CT molecular complexity index is 566. The molecule has 7 nitrogen and oxygen atoms in total. The van der Waals surface area contributed by atoms with E-state index in [0.717, 1.165) is 12.8 Å². The molecule has 1 aliphatic carbocycles.